The third-order valence-electron chi connectivity index (χ3n) is 4.07. The Balaban J connectivity index is 2.16. The summed E-state index contributed by atoms with van der Waals surface area (Å²) < 4.78 is 10.1. The molecule has 1 N–H and O–H groups in total. The molecule has 1 fully saturated rings. The number of imide groups is 1. The van der Waals surface area contributed by atoms with Gasteiger partial charge in [0.15, 0.2) is 0 Å². The highest BCUT2D eigenvalue weighted by atomic mass is 16.6. The lowest BCUT2D eigenvalue weighted by atomic mass is 10.2. The van der Waals surface area contributed by atoms with Crippen LogP contribution in [-0.2, 0) is 16.1 Å². The van der Waals surface area contributed by atoms with Crippen LogP contribution in [0.15, 0.2) is 30.3 Å². The third kappa shape index (κ3) is 4.72. The van der Waals surface area contributed by atoms with E-state index in [1.54, 1.807) is 20.8 Å². The summed E-state index contributed by atoms with van der Waals surface area (Å²) in [6.45, 7) is 5.23. The fraction of sp³-hybridized carbons (Fsp3) is 0.500. The van der Waals surface area contributed by atoms with Crippen LogP contribution in [0.2, 0.25) is 0 Å². The average molecular weight is 365 g/mol. The van der Waals surface area contributed by atoms with Crippen LogP contribution in [0.5, 0.6) is 0 Å². The molecular formula is C18H25N2O6+. The lowest BCUT2D eigenvalue weighted by Gasteiger charge is -2.38. The molecule has 0 aliphatic carbocycles. The van der Waals surface area contributed by atoms with E-state index in [1.807, 2.05) is 30.3 Å². The van der Waals surface area contributed by atoms with Crippen LogP contribution in [0, 0.1) is 0 Å². The van der Waals surface area contributed by atoms with Gasteiger partial charge in [0.1, 0.15) is 25.3 Å². The van der Waals surface area contributed by atoms with Gasteiger partial charge in [-0.15, -0.1) is 4.48 Å². The Labute approximate surface area is 152 Å². The largest absolute Gasteiger partial charge is 0.527 e. The van der Waals surface area contributed by atoms with Crippen molar-refractivity contribution in [2.45, 2.75) is 33.0 Å². The third-order valence-corrected chi connectivity index (χ3v) is 4.07. The van der Waals surface area contributed by atoms with Gasteiger partial charge in [-0.3, -0.25) is 4.90 Å². The molecular weight excluding hydrogens is 340 g/mol. The van der Waals surface area contributed by atoms with E-state index < -0.39 is 28.4 Å². The number of hydrogen-bond donors (Lipinski definition) is 1. The van der Waals surface area contributed by atoms with Crippen LogP contribution in [0.25, 0.3) is 0 Å². The van der Waals surface area contributed by atoms with Crippen LogP contribution in [0.3, 0.4) is 0 Å². The molecule has 1 aromatic rings. The summed E-state index contributed by atoms with van der Waals surface area (Å²) in [5, 5.41) is 9.11. The first-order valence-corrected chi connectivity index (χ1v) is 8.44. The first kappa shape index (κ1) is 19.7. The molecule has 3 amide bonds. The summed E-state index contributed by atoms with van der Waals surface area (Å²) in [7, 11) is 0. The van der Waals surface area contributed by atoms with Crippen molar-refractivity contribution in [3.8, 4) is 0 Å². The normalized spacial score (nSPS) is 16.7. The Morgan fingerprint density at radius 2 is 1.65 bits per heavy atom. The number of rotatable bonds is 2. The Kier molecular flexibility index (Phi) is 5.86. The Hall–Kier alpha value is -2.61. The molecule has 0 saturated carbocycles. The van der Waals surface area contributed by atoms with Gasteiger partial charge in [-0.25, -0.2) is 4.79 Å². The molecule has 8 heteroatoms. The second-order valence-electron chi connectivity index (χ2n) is 7.21. The SMILES string of the molecule is CC(C)(C)OC(=O)[N+]1(C(=O)OCc2ccccc2)CCN(C(=O)O)CC1. The van der Waals surface area contributed by atoms with Crippen LogP contribution >= 0.6 is 0 Å². The zero-order chi connectivity index (χ0) is 19.4. The van der Waals surface area contributed by atoms with Gasteiger partial charge < -0.3 is 14.6 Å². The first-order valence-electron chi connectivity index (χ1n) is 8.44. The van der Waals surface area contributed by atoms with Gasteiger partial charge in [0.2, 0.25) is 0 Å². The van der Waals surface area contributed by atoms with Crippen molar-refractivity contribution < 1.29 is 33.4 Å². The van der Waals surface area contributed by atoms with E-state index in [0.717, 1.165) is 5.56 Å². The number of piperazine rings is 1. The van der Waals surface area contributed by atoms with Crippen LogP contribution in [0.1, 0.15) is 26.3 Å². The second-order valence-corrected chi connectivity index (χ2v) is 7.21. The summed E-state index contributed by atoms with van der Waals surface area (Å²) in [6.07, 6.45) is -2.53. The minimum atomic E-state index is -1.08. The molecule has 0 radical (unpaired) electrons. The fourth-order valence-corrected chi connectivity index (χ4v) is 2.63. The molecule has 1 aliphatic heterocycles. The van der Waals surface area contributed by atoms with E-state index in [-0.39, 0.29) is 32.8 Å². The molecule has 0 bridgehead atoms. The zero-order valence-corrected chi connectivity index (χ0v) is 15.3. The number of quaternary nitrogens is 1. The van der Waals surface area contributed by atoms with Gasteiger partial charge in [0, 0.05) is 0 Å². The van der Waals surface area contributed by atoms with Crippen molar-refractivity contribution in [2.24, 2.45) is 0 Å². The van der Waals surface area contributed by atoms with Crippen molar-refractivity contribution in [1.29, 1.82) is 0 Å². The van der Waals surface area contributed by atoms with E-state index in [4.69, 9.17) is 14.6 Å². The second kappa shape index (κ2) is 7.74. The molecule has 8 nitrogen and oxygen atoms in total. The van der Waals surface area contributed by atoms with E-state index in [0.29, 0.717) is 0 Å². The molecule has 0 atom stereocenters. The molecule has 2 rings (SSSR count). The highest BCUT2D eigenvalue weighted by Crippen LogP contribution is 2.22. The van der Waals surface area contributed by atoms with E-state index in [9.17, 15) is 14.4 Å². The molecule has 142 valence electrons. The van der Waals surface area contributed by atoms with E-state index in [2.05, 4.69) is 0 Å². The average Bonchev–Trinajstić information content (AvgIpc) is 2.59. The number of benzene rings is 1. The first-order chi connectivity index (χ1) is 12.1. The minimum Gasteiger partial charge on any atom is -0.465 e. The van der Waals surface area contributed by atoms with Crippen LogP contribution < -0.4 is 0 Å². The van der Waals surface area contributed by atoms with Crippen molar-refractivity contribution >= 4 is 18.3 Å². The maximum absolute atomic E-state index is 12.8. The van der Waals surface area contributed by atoms with Gasteiger partial charge in [0.05, 0.1) is 13.1 Å². The number of carbonyl (C=O) groups excluding carboxylic acids is 2. The van der Waals surface area contributed by atoms with Crippen LogP contribution in [0.4, 0.5) is 14.4 Å². The maximum atomic E-state index is 12.8. The molecule has 1 saturated heterocycles. The standard InChI is InChI=1S/C18H24N2O6/c1-18(2,3)26-17(24)20(11-9-19(10-12-20)15(21)22)16(23)25-13-14-7-5-4-6-8-14/h4-8H,9-13H2,1-3H3/p+1. The molecule has 0 aromatic heterocycles. The summed E-state index contributed by atoms with van der Waals surface area (Å²) >= 11 is 0. The Bertz CT molecular complexity index is 660. The lowest BCUT2D eigenvalue weighted by molar-refractivity contribution is -0.792. The van der Waals surface area contributed by atoms with Gasteiger partial charge in [0.25, 0.3) is 0 Å². The smallest absolute Gasteiger partial charge is 0.465 e. The number of ether oxygens (including phenoxy) is 2. The zero-order valence-electron chi connectivity index (χ0n) is 15.3. The van der Waals surface area contributed by atoms with Crippen molar-refractivity contribution in [1.82, 2.24) is 4.90 Å². The summed E-state index contributed by atoms with van der Waals surface area (Å²) in [6, 6.07) is 9.13. The summed E-state index contributed by atoms with van der Waals surface area (Å²) in [4.78, 5) is 37.8. The Morgan fingerprint density at radius 1 is 1.08 bits per heavy atom. The minimum absolute atomic E-state index is 0.0190. The van der Waals surface area contributed by atoms with Crippen molar-refractivity contribution in [3.05, 3.63) is 35.9 Å². The molecule has 1 aliphatic rings. The highest BCUT2D eigenvalue weighted by molar-refractivity contribution is 5.77. The number of hydrogen-bond acceptors (Lipinski definition) is 5. The Morgan fingerprint density at radius 3 is 2.15 bits per heavy atom. The summed E-state index contributed by atoms with van der Waals surface area (Å²) in [5.41, 5.74) is 0.0266. The van der Waals surface area contributed by atoms with E-state index in [1.165, 1.54) is 4.90 Å². The van der Waals surface area contributed by atoms with Gasteiger partial charge in [-0.2, -0.15) is 9.59 Å². The predicted molar refractivity (Wildman–Crippen MR) is 92.5 cm³/mol. The van der Waals surface area contributed by atoms with Gasteiger partial charge in [-0.05, 0) is 26.3 Å². The van der Waals surface area contributed by atoms with Crippen LogP contribution in [-0.4, -0.2) is 64.5 Å². The van der Waals surface area contributed by atoms with Crippen molar-refractivity contribution in [3.63, 3.8) is 0 Å². The maximum Gasteiger partial charge on any atom is 0.527 e. The van der Waals surface area contributed by atoms with Crippen molar-refractivity contribution in [2.75, 3.05) is 26.2 Å². The van der Waals surface area contributed by atoms with Gasteiger partial charge >= 0.3 is 18.3 Å². The fourth-order valence-electron chi connectivity index (χ4n) is 2.63. The molecule has 26 heavy (non-hydrogen) atoms. The molecule has 0 unspecified atom stereocenters. The quantitative estimate of drug-likeness (QED) is 0.810. The van der Waals surface area contributed by atoms with Gasteiger partial charge in [-0.1, -0.05) is 30.3 Å². The number of carbonyl (C=O) groups is 3. The monoisotopic (exact) mass is 365 g/mol. The highest BCUT2D eigenvalue weighted by Gasteiger charge is 2.52. The predicted octanol–water partition coefficient (Wildman–Crippen LogP) is 3.07. The topological polar surface area (TPSA) is 93.1 Å². The molecule has 1 heterocycles. The lowest BCUT2D eigenvalue weighted by Crippen LogP contribution is -2.66. The molecule has 1 aromatic carbocycles. The number of carboxylic acid groups (broad SMARTS) is 1. The summed E-state index contributed by atoms with van der Waals surface area (Å²) in [5.74, 6) is 0. The number of amides is 3. The number of nitrogens with zero attached hydrogens (tertiary/aromatic N) is 2. The van der Waals surface area contributed by atoms with E-state index >= 15 is 0 Å². The molecule has 0 spiro atoms.